The van der Waals surface area contributed by atoms with Crippen molar-refractivity contribution in [3.63, 3.8) is 0 Å². The first-order chi connectivity index (χ1) is 12.4. The highest BCUT2D eigenvalue weighted by molar-refractivity contribution is 14.1. The van der Waals surface area contributed by atoms with Crippen LogP contribution in [0.5, 0.6) is 0 Å². The van der Waals surface area contributed by atoms with E-state index in [2.05, 4.69) is 37.9 Å². The molecule has 0 unspecified atom stereocenters. The molecule has 0 bridgehead atoms. The van der Waals surface area contributed by atoms with Gasteiger partial charge in [-0.2, -0.15) is 0 Å². The van der Waals surface area contributed by atoms with Gasteiger partial charge in [-0.05, 0) is 52.9 Å². The van der Waals surface area contributed by atoms with Crippen LogP contribution in [0.15, 0.2) is 42.2 Å². The van der Waals surface area contributed by atoms with Crippen LogP contribution in [0.3, 0.4) is 0 Å². The maximum absolute atomic E-state index is 12.7. The SMILES string of the molecule is CN(C)c1ncc(/C=C2/C(=O)NC(=O)N(c3ccc(I)cc3)C2=O)cn1. The number of halogens is 1. The molecular weight excluding hydrogens is 449 g/mol. The Morgan fingerprint density at radius 2 is 1.69 bits per heavy atom. The molecule has 26 heavy (non-hydrogen) atoms. The van der Waals surface area contributed by atoms with E-state index in [1.54, 1.807) is 43.3 Å². The molecule has 0 spiro atoms. The summed E-state index contributed by atoms with van der Waals surface area (Å²) in [5.41, 5.74) is 0.695. The molecule has 8 nitrogen and oxygen atoms in total. The number of barbiturate groups is 1. The predicted octanol–water partition coefficient (Wildman–Crippen LogP) is 1.81. The highest BCUT2D eigenvalue weighted by atomic mass is 127. The summed E-state index contributed by atoms with van der Waals surface area (Å²) in [6.07, 6.45) is 4.37. The first kappa shape index (κ1) is 18.0. The van der Waals surface area contributed by atoms with Crippen LogP contribution in [0.4, 0.5) is 16.4 Å². The maximum Gasteiger partial charge on any atom is 0.335 e. The fourth-order valence-electron chi connectivity index (χ4n) is 2.29. The average Bonchev–Trinajstić information content (AvgIpc) is 2.60. The molecule has 9 heteroatoms. The molecule has 0 aliphatic carbocycles. The number of aromatic nitrogens is 2. The van der Waals surface area contributed by atoms with Gasteiger partial charge in [-0.15, -0.1) is 0 Å². The van der Waals surface area contributed by atoms with Gasteiger partial charge in [0.05, 0.1) is 5.69 Å². The lowest BCUT2D eigenvalue weighted by atomic mass is 10.1. The van der Waals surface area contributed by atoms with E-state index in [0.717, 1.165) is 8.47 Å². The Hall–Kier alpha value is -2.82. The lowest BCUT2D eigenvalue weighted by Gasteiger charge is -2.26. The van der Waals surface area contributed by atoms with Crippen LogP contribution in [0.1, 0.15) is 5.56 Å². The third kappa shape index (κ3) is 3.57. The number of imide groups is 2. The summed E-state index contributed by atoms with van der Waals surface area (Å²) >= 11 is 2.12. The Balaban J connectivity index is 1.95. The van der Waals surface area contributed by atoms with Crippen molar-refractivity contribution in [3.05, 3.63) is 51.4 Å². The summed E-state index contributed by atoms with van der Waals surface area (Å²) in [5.74, 6) is -0.947. The van der Waals surface area contributed by atoms with Gasteiger partial charge in [0, 0.05) is 35.6 Å². The zero-order valence-electron chi connectivity index (χ0n) is 13.9. The highest BCUT2D eigenvalue weighted by Crippen LogP contribution is 2.22. The van der Waals surface area contributed by atoms with Crippen LogP contribution in [-0.2, 0) is 9.59 Å². The second-order valence-corrected chi connectivity index (χ2v) is 6.89. The largest absolute Gasteiger partial charge is 0.347 e. The predicted molar refractivity (Wildman–Crippen MR) is 105 cm³/mol. The first-order valence-electron chi connectivity index (χ1n) is 7.53. The number of carbonyl (C=O) groups excluding carboxylic acids is 3. The molecule has 1 aromatic heterocycles. The second-order valence-electron chi connectivity index (χ2n) is 5.65. The number of benzene rings is 1. The highest BCUT2D eigenvalue weighted by Gasteiger charge is 2.36. The maximum atomic E-state index is 12.7. The molecule has 0 radical (unpaired) electrons. The molecule has 2 aromatic rings. The van der Waals surface area contributed by atoms with Gasteiger partial charge in [0.25, 0.3) is 11.8 Å². The van der Waals surface area contributed by atoms with Crippen molar-refractivity contribution in [2.45, 2.75) is 0 Å². The van der Waals surface area contributed by atoms with Crippen LogP contribution in [0.25, 0.3) is 6.08 Å². The van der Waals surface area contributed by atoms with Gasteiger partial charge in [0.1, 0.15) is 5.57 Å². The minimum atomic E-state index is -0.780. The molecule has 1 fully saturated rings. The summed E-state index contributed by atoms with van der Waals surface area (Å²) in [5, 5.41) is 2.18. The number of nitrogens with zero attached hydrogens (tertiary/aromatic N) is 4. The van der Waals surface area contributed by atoms with Gasteiger partial charge in [0.2, 0.25) is 5.95 Å². The van der Waals surface area contributed by atoms with E-state index in [0.29, 0.717) is 17.2 Å². The number of hydrogen-bond donors (Lipinski definition) is 1. The Kier molecular flexibility index (Phi) is 4.98. The van der Waals surface area contributed by atoms with Crippen molar-refractivity contribution in [3.8, 4) is 0 Å². The van der Waals surface area contributed by atoms with E-state index in [1.807, 2.05) is 0 Å². The van der Waals surface area contributed by atoms with E-state index in [-0.39, 0.29) is 5.57 Å². The Morgan fingerprint density at radius 1 is 1.08 bits per heavy atom. The second kappa shape index (κ2) is 7.20. The van der Waals surface area contributed by atoms with Gasteiger partial charge >= 0.3 is 6.03 Å². The molecular formula is C17H14IN5O3. The van der Waals surface area contributed by atoms with Crippen molar-refractivity contribution >= 4 is 58.1 Å². The molecule has 4 amide bonds. The summed E-state index contributed by atoms with van der Waals surface area (Å²) < 4.78 is 0.959. The minimum absolute atomic E-state index is 0.163. The zero-order chi connectivity index (χ0) is 18.8. The number of urea groups is 1. The van der Waals surface area contributed by atoms with E-state index in [9.17, 15) is 14.4 Å². The van der Waals surface area contributed by atoms with Crippen molar-refractivity contribution in [1.29, 1.82) is 0 Å². The average molecular weight is 463 g/mol. The molecule has 132 valence electrons. The standard InChI is InChI=1S/C17H14IN5O3/c1-22(2)16-19-8-10(9-20-16)7-13-14(24)21-17(26)23(15(13)25)12-5-3-11(18)4-6-12/h3-9H,1-2H3,(H,21,24,26)/b13-7-. The van der Waals surface area contributed by atoms with Gasteiger partial charge < -0.3 is 4.90 Å². The first-order valence-corrected chi connectivity index (χ1v) is 8.61. The van der Waals surface area contributed by atoms with Crippen molar-refractivity contribution in [2.75, 3.05) is 23.9 Å². The molecule has 0 saturated carbocycles. The summed E-state index contributed by atoms with van der Waals surface area (Å²) in [6, 6.07) is 6.04. The van der Waals surface area contributed by atoms with E-state index in [4.69, 9.17) is 0 Å². The summed E-state index contributed by atoms with van der Waals surface area (Å²) in [6.45, 7) is 0. The Bertz CT molecular complexity index is 907. The number of amides is 4. The minimum Gasteiger partial charge on any atom is -0.347 e. The van der Waals surface area contributed by atoms with Gasteiger partial charge in [-0.3, -0.25) is 14.9 Å². The molecule has 1 aliphatic rings. The van der Waals surface area contributed by atoms with Gasteiger partial charge in [-0.25, -0.2) is 19.7 Å². The quantitative estimate of drug-likeness (QED) is 0.424. The monoisotopic (exact) mass is 463 g/mol. The Morgan fingerprint density at radius 3 is 2.27 bits per heavy atom. The van der Waals surface area contributed by atoms with Crippen LogP contribution < -0.4 is 15.1 Å². The van der Waals surface area contributed by atoms with E-state index < -0.39 is 17.8 Å². The fourth-order valence-corrected chi connectivity index (χ4v) is 2.65. The topological polar surface area (TPSA) is 95.5 Å². The zero-order valence-corrected chi connectivity index (χ0v) is 16.1. The molecule has 1 N–H and O–H groups in total. The third-order valence-electron chi connectivity index (χ3n) is 3.56. The van der Waals surface area contributed by atoms with E-state index >= 15 is 0 Å². The van der Waals surface area contributed by atoms with E-state index in [1.165, 1.54) is 18.5 Å². The number of hydrogen-bond acceptors (Lipinski definition) is 6. The van der Waals surface area contributed by atoms with Crippen molar-refractivity contribution in [1.82, 2.24) is 15.3 Å². The lowest BCUT2D eigenvalue weighted by Crippen LogP contribution is -2.54. The smallest absolute Gasteiger partial charge is 0.335 e. The summed E-state index contributed by atoms with van der Waals surface area (Å²) in [4.78, 5) is 47.9. The molecule has 2 heterocycles. The fraction of sp³-hybridized carbons (Fsp3) is 0.118. The molecule has 0 atom stereocenters. The van der Waals surface area contributed by atoms with Crippen molar-refractivity contribution < 1.29 is 14.4 Å². The van der Waals surface area contributed by atoms with Gasteiger partial charge in [-0.1, -0.05) is 0 Å². The molecule has 3 rings (SSSR count). The van der Waals surface area contributed by atoms with Crippen LogP contribution in [0.2, 0.25) is 0 Å². The molecule has 1 aliphatic heterocycles. The summed E-state index contributed by atoms with van der Waals surface area (Å²) in [7, 11) is 3.60. The molecule has 1 saturated heterocycles. The van der Waals surface area contributed by atoms with Crippen LogP contribution in [0, 0.1) is 3.57 Å². The number of anilines is 2. The molecule has 1 aromatic carbocycles. The Labute approximate surface area is 163 Å². The van der Waals surface area contributed by atoms with Crippen molar-refractivity contribution in [2.24, 2.45) is 0 Å². The van der Waals surface area contributed by atoms with Crippen LogP contribution in [-0.4, -0.2) is 41.9 Å². The lowest BCUT2D eigenvalue weighted by molar-refractivity contribution is -0.122. The normalized spacial score (nSPS) is 16.0. The number of nitrogens with one attached hydrogen (secondary N) is 1. The third-order valence-corrected chi connectivity index (χ3v) is 4.27. The van der Waals surface area contributed by atoms with Gasteiger partial charge in [0.15, 0.2) is 0 Å². The van der Waals surface area contributed by atoms with Crippen LogP contribution >= 0.6 is 22.6 Å². The number of carbonyl (C=O) groups is 3. The number of rotatable bonds is 3.